The third kappa shape index (κ3) is 33.7. The summed E-state index contributed by atoms with van der Waals surface area (Å²) in [7, 11) is 4.13. The van der Waals surface area contributed by atoms with Gasteiger partial charge in [0.25, 0.3) is 0 Å². The van der Waals surface area contributed by atoms with Crippen molar-refractivity contribution in [2.24, 2.45) is 5.92 Å². The molecule has 0 rings (SSSR count). The molecule has 6 heteroatoms. The van der Waals surface area contributed by atoms with E-state index in [0.717, 1.165) is 31.8 Å². The third-order valence-corrected chi connectivity index (χ3v) is 5.17. The highest BCUT2D eigenvalue weighted by Gasteiger charge is 2.01. The van der Waals surface area contributed by atoms with Crippen LogP contribution >= 0.6 is 0 Å². The van der Waals surface area contributed by atoms with Crippen LogP contribution in [0, 0.1) is 5.92 Å². The number of unbranched alkanes of at least 4 members (excludes halogenated alkanes) is 11. The van der Waals surface area contributed by atoms with Crippen LogP contribution in [0.5, 0.6) is 0 Å². The van der Waals surface area contributed by atoms with Crippen LogP contribution < -0.4 is 5.32 Å². The Labute approximate surface area is 192 Å². The van der Waals surface area contributed by atoms with Gasteiger partial charge in [0.1, 0.15) is 6.61 Å². The number of rotatable bonds is 20. The fraction of sp³-hybridized carbons (Fsp3) is 0.920. The molecule has 0 spiro atoms. The predicted molar refractivity (Wildman–Crippen MR) is 130 cm³/mol. The first-order valence-corrected chi connectivity index (χ1v) is 12.5. The van der Waals surface area contributed by atoms with Crippen LogP contribution in [-0.2, 0) is 9.59 Å². The van der Waals surface area contributed by atoms with Crippen molar-refractivity contribution in [2.75, 3.05) is 33.8 Å². The van der Waals surface area contributed by atoms with Gasteiger partial charge < -0.3 is 20.4 Å². The lowest BCUT2D eigenvalue weighted by molar-refractivity contribution is -0.140. The average molecular weight is 445 g/mol. The van der Waals surface area contributed by atoms with Crippen molar-refractivity contribution in [2.45, 2.75) is 110 Å². The molecule has 0 aromatic heterocycles. The fourth-order valence-corrected chi connectivity index (χ4v) is 3.32. The van der Waals surface area contributed by atoms with Gasteiger partial charge in [-0.15, -0.1) is 0 Å². The molecule has 0 saturated heterocycles. The van der Waals surface area contributed by atoms with Crippen molar-refractivity contribution in [3.05, 3.63) is 0 Å². The van der Waals surface area contributed by atoms with Crippen LogP contribution in [0.25, 0.3) is 0 Å². The van der Waals surface area contributed by atoms with Crippen molar-refractivity contribution < 1.29 is 19.8 Å². The number of hydrogen-bond acceptors (Lipinski definition) is 4. The van der Waals surface area contributed by atoms with Gasteiger partial charge in [-0.1, -0.05) is 90.9 Å². The molecule has 0 heterocycles. The minimum Gasteiger partial charge on any atom is -0.480 e. The van der Waals surface area contributed by atoms with E-state index in [-0.39, 0.29) is 5.91 Å². The zero-order valence-corrected chi connectivity index (χ0v) is 21.0. The second-order valence-corrected chi connectivity index (χ2v) is 9.23. The van der Waals surface area contributed by atoms with Crippen molar-refractivity contribution >= 4 is 11.9 Å². The number of nitrogens with zero attached hydrogens (tertiary/aromatic N) is 1. The third-order valence-electron chi connectivity index (χ3n) is 5.17. The summed E-state index contributed by atoms with van der Waals surface area (Å²) in [5.41, 5.74) is 0. The maximum atomic E-state index is 11.7. The van der Waals surface area contributed by atoms with Gasteiger partial charge in [-0.2, -0.15) is 0 Å². The maximum absolute atomic E-state index is 11.7. The summed E-state index contributed by atoms with van der Waals surface area (Å²) >= 11 is 0. The van der Waals surface area contributed by atoms with E-state index in [1.165, 1.54) is 77.0 Å². The molecule has 0 bridgehead atoms. The van der Waals surface area contributed by atoms with Gasteiger partial charge in [0.2, 0.25) is 5.91 Å². The highest BCUT2D eigenvalue weighted by atomic mass is 16.4. The molecule has 31 heavy (non-hydrogen) atoms. The lowest BCUT2D eigenvalue weighted by atomic mass is 10.0. The average Bonchev–Trinajstić information content (AvgIpc) is 2.71. The Kier molecular flexibility index (Phi) is 26.0. The van der Waals surface area contributed by atoms with Gasteiger partial charge in [-0.3, -0.25) is 4.79 Å². The number of amides is 1. The molecule has 3 N–H and O–H groups in total. The number of carbonyl (C=O) groups excluding carboxylic acids is 1. The molecule has 0 saturated carbocycles. The van der Waals surface area contributed by atoms with Crippen molar-refractivity contribution in [3.63, 3.8) is 0 Å². The largest absolute Gasteiger partial charge is 0.480 e. The highest BCUT2D eigenvalue weighted by Crippen LogP contribution is 2.14. The first kappa shape index (κ1) is 32.0. The number of nitrogens with one attached hydrogen (secondary N) is 1. The van der Waals surface area contributed by atoms with Gasteiger partial charge in [0.15, 0.2) is 0 Å². The topological polar surface area (TPSA) is 89.9 Å². The Balaban J connectivity index is 0. The van der Waals surface area contributed by atoms with E-state index in [1.54, 1.807) is 0 Å². The SMILES string of the molecule is CC(C)CCCCCCCCCCCCCCC(=O)NCCCN(C)C.O=C(O)CO. The predicted octanol–water partition coefficient (Wildman–Crippen LogP) is 5.24. The van der Waals surface area contributed by atoms with Gasteiger partial charge in [-0.25, -0.2) is 4.79 Å². The van der Waals surface area contributed by atoms with Gasteiger partial charge in [0.05, 0.1) is 0 Å². The maximum Gasteiger partial charge on any atom is 0.329 e. The van der Waals surface area contributed by atoms with Crippen molar-refractivity contribution in [1.82, 2.24) is 10.2 Å². The number of carboxylic acids is 1. The number of aliphatic carboxylic acids is 1. The molecule has 0 aliphatic rings. The lowest BCUT2D eigenvalue weighted by Gasteiger charge is -2.09. The Hall–Kier alpha value is -1.14. The first-order valence-electron chi connectivity index (χ1n) is 12.5. The van der Waals surface area contributed by atoms with E-state index in [4.69, 9.17) is 15.0 Å². The van der Waals surface area contributed by atoms with E-state index < -0.39 is 12.6 Å². The summed E-state index contributed by atoms with van der Waals surface area (Å²) in [6.45, 7) is 5.72. The second kappa shape index (κ2) is 25.1. The second-order valence-electron chi connectivity index (χ2n) is 9.23. The highest BCUT2D eigenvalue weighted by molar-refractivity contribution is 5.75. The molecule has 0 aliphatic carbocycles. The molecule has 186 valence electrons. The van der Waals surface area contributed by atoms with Crippen LogP contribution in [0.3, 0.4) is 0 Å². The Morgan fingerprint density at radius 1 is 0.774 bits per heavy atom. The zero-order chi connectivity index (χ0) is 23.7. The minimum atomic E-state index is -1.19. The number of aliphatic hydroxyl groups excluding tert-OH is 1. The van der Waals surface area contributed by atoms with Crippen LogP contribution in [0.15, 0.2) is 0 Å². The molecule has 0 fully saturated rings. The summed E-state index contributed by atoms with van der Waals surface area (Å²) < 4.78 is 0. The fourth-order valence-electron chi connectivity index (χ4n) is 3.32. The quantitative estimate of drug-likeness (QED) is 0.224. The van der Waals surface area contributed by atoms with Crippen LogP contribution in [0.4, 0.5) is 0 Å². The Morgan fingerprint density at radius 3 is 1.58 bits per heavy atom. The number of carbonyl (C=O) groups is 2. The summed E-state index contributed by atoms with van der Waals surface area (Å²) in [5, 5.41) is 18.0. The molecule has 0 unspecified atom stereocenters. The molecule has 1 amide bonds. The van der Waals surface area contributed by atoms with E-state index in [1.807, 2.05) is 0 Å². The van der Waals surface area contributed by atoms with Gasteiger partial charge in [0, 0.05) is 13.0 Å². The number of carboxylic acid groups (broad SMARTS) is 1. The molecule has 0 aromatic rings. The summed E-state index contributed by atoms with van der Waals surface area (Å²) in [6.07, 6.45) is 19.4. The molecule has 6 nitrogen and oxygen atoms in total. The molecule has 0 aliphatic heterocycles. The van der Waals surface area contributed by atoms with E-state index in [9.17, 15) is 4.79 Å². The first-order chi connectivity index (χ1) is 14.8. The summed E-state index contributed by atoms with van der Waals surface area (Å²) in [5.74, 6) is -0.0837. The van der Waals surface area contributed by atoms with E-state index in [2.05, 4.69) is 38.2 Å². The standard InChI is InChI=1S/C23H48N2O.C2H4O3/c1-22(2)18-15-13-11-9-7-5-6-8-10-12-14-16-19-23(26)24-20-17-21-25(3)4;3-1-2(4)5/h22H,5-21H2,1-4H3,(H,24,26);3H,1H2,(H,4,5). The molecular weight excluding hydrogens is 392 g/mol. The van der Waals surface area contributed by atoms with E-state index >= 15 is 0 Å². The summed E-state index contributed by atoms with van der Waals surface area (Å²) in [6, 6.07) is 0. The Bertz CT molecular complexity index is 401. The minimum absolute atomic E-state index is 0.233. The normalized spacial score (nSPS) is 10.8. The van der Waals surface area contributed by atoms with Crippen molar-refractivity contribution in [1.29, 1.82) is 0 Å². The number of hydrogen-bond donors (Lipinski definition) is 3. The molecular formula is C25H52N2O4. The number of aliphatic hydroxyl groups is 1. The monoisotopic (exact) mass is 444 g/mol. The van der Waals surface area contributed by atoms with Gasteiger partial charge in [-0.05, 0) is 39.4 Å². The molecule has 0 radical (unpaired) electrons. The lowest BCUT2D eigenvalue weighted by Crippen LogP contribution is -2.26. The van der Waals surface area contributed by atoms with Crippen LogP contribution in [-0.4, -0.2) is 60.8 Å². The van der Waals surface area contributed by atoms with Gasteiger partial charge >= 0.3 is 5.97 Å². The smallest absolute Gasteiger partial charge is 0.329 e. The summed E-state index contributed by atoms with van der Waals surface area (Å²) in [4.78, 5) is 23.0. The van der Waals surface area contributed by atoms with Crippen LogP contribution in [0.2, 0.25) is 0 Å². The molecule has 0 aromatic carbocycles. The Morgan fingerprint density at radius 2 is 1.19 bits per heavy atom. The van der Waals surface area contributed by atoms with E-state index in [0.29, 0.717) is 6.42 Å². The van der Waals surface area contributed by atoms with Crippen molar-refractivity contribution in [3.8, 4) is 0 Å². The van der Waals surface area contributed by atoms with Crippen LogP contribution in [0.1, 0.15) is 110 Å². The zero-order valence-electron chi connectivity index (χ0n) is 21.0. The molecule has 0 atom stereocenters.